The Kier molecular flexibility index (Phi) is 4.86. The molecule has 2 aromatic rings. The summed E-state index contributed by atoms with van der Waals surface area (Å²) in [7, 11) is 1.48. The number of carbonyl (C=O) groups is 1. The zero-order valence-corrected chi connectivity index (χ0v) is 11.8. The number of benzene rings is 1. The van der Waals surface area contributed by atoms with Gasteiger partial charge in [0.15, 0.2) is 0 Å². The van der Waals surface area contributed by atoms with Gasteiger partial charge in [-0.3, -0.25) is 4.79 Å². The van der Waals surface area contributed by atoms with Crippen LogP contribution in [0.5, 0.6) is 0 Å². The van der Waals surface area contributed by atoms with Gasteiger partial charge in [0.2, 0.25) is 0 Å². The minimum absolute atomic E-state index is 0.0527. The van der Waals surface area contributed by atoms with Crippen LogP contribution < -0.4 is 5.32 Å². The maximum absolute atomic E-state index is 13.9. The van der Waals surface area contributed by atoms with Gasteiger partial charge < -0.3 is 14.6 Å². The number of ether oxygens (including phenoxy) is 1. The molecule has 114 valence electrons. The second kappa shape index (κ2) is 6.83. The van der Waals surface area contributed by atoms with Crippen molar-refractivity contribution in [1.29, 1.82) is 5.26 Å². The first-order valence-corrected chi connectivity index (χ1v) is 6.42. The van der Waals surface area contributed by atoms with Crippen LogP contribution in [0.3, 0.4) is 0 Å². The smallest absolute Gasteiger partial charge is 0.269 e. The summed E-state index contributed by atoms with van der Waals surface area (Å²) in [5.41, 5.74) is -0.125. The Labute approximate surface area is 125 Å². The van der Waals surface area contributed by atoms with Crippen LogP contribution in [0.25, 0.3) is 5.69 Å². The first kappa shape index (κ1) is 15.7. The predicted molar refractivity (Wildman–Crippen MR) is 74.6 cm³/mol. The highest BCUT2D eigenvalue weighted by Crippen LogP contribution is 2.20. The molecule has 0 atom stereocenters. The molecule has 0 fully saturated rings. The maximum Gasteiger partial charge on any atom is 0.269 e. The molecule has 0 saturated carbocycles. The minimum atomic E-state index is -0.701. The second-order valence-electron chi connectivity index (χ2n) is 4.40. The fourth-order valence-electron chi connectivity index (χ4n) is 1.98. The molecule has 1 N–H and O–H groups in total. The Morgan fingerprint density at radius 3 is 2.86 bits per heavy atom. The number of halogens is 2. The molecule has 22 heavy (non-hydrogen) atoms. The van der Waals surface area contributed by atoms with Crippen molar-refractivity contribution in [3.63, 3.8) is 0 Å². The van der Waals surface area contributed by atoms with E-state index in [0.29, 0.717) is 6.61 Å². The van der Waals surface area contributed by atoms with E-state index in [0.717, 1.165) is 22.8 Å². The Bertz CT molecular complexity index is 735. The molecule has 1 aromatic carbocycles. The summed E-state index contributed by atoms with van der Waals surface area (Å²) in [6.07, 6.45) is 1.35. The lowest BCUT2D eigenvalue weighted by Crippen LogP contribution is -2.29. The molecule has 0 spiro atoms. The molecule has 0 radical (unpaired) electrons. The van der Waals surface area contributed by atoms with Crippen LogP contribution in [0.1, 0.15) is 16.1 Å². The Morgan fingerprint density at radius 2 is 2.18 bits per heavy atom. The SMILES string of the molecule is COCCNC(=O)c1c(C#N)ccn1-c1cc(F)ccc1F. The minimum Gasteiger partial charge on any atom is -0.383 e. The van der Waals surface area contributed by atoms with Crippen molar-refractivity contribution in [3.8, 4) is 11.8 Å². The largest absolute Gasteiger partial charge is 0.383 e. The van der Waals surface area contributed by atoms with E-state index in [2.05, 4.69) is 5.32 Å². The standard InChI is InChI=1S/C15H13F2N3O2/c1-22-7-5-19-15(21)14-10(9-18)4-6-20(14)13-8-11(16)2-3-12(13)17/h2-4,6,8H,5,7H2,1H3,(H,19,21). The Balaban J connectivity index is 2.45. The molecule has 0 aliphatic carbocycles. The average Bonchev–Trinajstić information content (AvgIpc) is 2.93. The number of nitriles is 1. The fraction of sp³-hybridized carbons (Fsp3) is 0.200. The number of hydrogen-bond acceptors (Lipinski definition) is 3. The van der Waals surface area contributed by atoms with Crippen molar-refractivity contribution in [1.82, 2.24) is 9.88 Å². The van der Waals surface area contributed by atoms with Gasteiger partial charge in [-0.15, -0.1) is 0 Å². The van der Waals surface area contributed by atoms with Crippen LogP contribution in [0.15, 0.2) is 30.5 Å². The van der Waals surface area contributed by atoms with E-state index in [1.54, 1.807) is 0 Å². The quantitative estimate of drug-likeness (QED) is 0.859. The molecule has 1 amide bonds. The third-order valence-electron chi connectivity index (χ3n) is 2.98. The molecule has 0 bridgehead atoms. The van der Waals surface area contributed by atoms with Crippen molar-refractivity contribution in [3.05, 3.63) is 53.4 Å². The molecule has 5 nitrogen and oxygen atoms in total. The number of hydrogen-bond donors (Lipinski definition) is 1. The first-order chi connectivity index (χ1) is 10.6. The lowest BCUT2D eigenvalue weighted by atomic mass is 10.2. The van der Waals surface area contributed by atoms with Gasteiger partial charge in [-0.25, -0.2) is 8.78 Å². The van der Waals surface area contributed by atoms with E-state index in [1.807, 2.05) is 6.07 Å². The van der Waals surface area contributed by atoms with Gasteiger partial charge in [0, 0.05) is 25.9 Å². The summed E-state index contributed by atoms with van der Waals surface area (Å²) in [6.45, 7) is 0.527. The summed E-state index contributed by atoms with van der Waals surface area (Å²) in [4.78, 5) is 12.2. The zero-order valence-electron chi connectivity index (χ0n) is 11.8. The van der Waals surface area contributed by atoms with E-state index in [-0.39, 0.29) is 23.5 Å². The number of rotatable bonds is 5. The van der Waals surface area contributed by atoms with Gasteiger partial charge in [0.1, 0.15) is 23.4 Å². The highest BCUT2D eigenvalue weighted by atomic mass is 19.1. The van der Waals surface area contributed by atoms with Crippen molar-refractivity contribution < 1.29 is 18.3 Å². The van der Waals surface area contributed by atoms with Crippen molar-refractivity contribution in [2.45, 2.75) is 0 Å². The lowest BCUT2D eigenvalue weighted by molar-refractivity contribution is 0.0930. The van der Waals surface area contributed by atoms with Gasteiger partial charge in [-0.1, -0.05) is 0 Å². The lowest BCUT2D eigenvalue weighted by Gasteiger charge is -2.11. The van der Waals surface area contributed by atoms with E-state index in [9.17, 15) is 13.6 Å². The summed E-state index contributed by atoms with van der Waals surface area (Å²) < 4.78 is 33.2. The normalized spacial score (nSPS) is 10.3. The third-order valence-corrected chi connectivity index (χ3v) is 2.98. The maximum atomic E-state index is 13.9. The van der Waals surface area contributed by atoms with Gasteiger partial charge in [0.25, 0.3) is 5.91 Å². The number of methoxy groups -OCH3 is 1. The molecule has 0 aliphatic heterocycles. The number of nitrogens with zero attached hydrogens (tertiary/aromatic N) is 2. The van der Waals surface area contributed by atoms with Crippen molar-refractivity contribution >= 4 is 5.91 Å². The molecule has 0 aliphatic rings. The third kappa shape index (κ3) is 3.13. The first-order valence-electron chi connectivity index (χ1n) is 6.42. The number of aromatic nitrogens is 1. The molecule has 0 saturated heterocycles. The van der Waals surface area contributed by atoms with Gasteiger partial charge in [0.05, 0.1) is 17.9 Å². The second-order valence-corrected chi connectivity index (χ2v) is 4.40. The monoisotopic (exact) mass is 305 g/mol. The number of carbonyl (C=O) groups excluding carboxylic acids is 1. The van der Waals surface area contributed by atoms with Crippen LogP contribution in [0.4, 0.5) is 8.78 Å². The number of amides is 1. The van der Waals surface area contributed by atoms with Crippen LogP contribution in [-0.4, -0.2) is 30.7 Å². The van der Waals surface area contributed by atoms with E-state index in [1.165, 1.54) is 19.4 Å². The molecule has 7 heteroatoms. The summed E-state index contributed by atoms with van der Waals surface area (Å²) >= 11 is 0. The van der Waals surface area contributed by atoms with Crippen molar-refractivity contribution in [2.75, 3.05) is 20.3 Å². The van der Waals surface area contributed by atoms with E-state index >= 15 is 0 Å². The van der Waals surface area contributed by atoms with E-state index in [4.69, 9.17) is 10.00 Å². The Hall–Kier alpha value is -2.72. The summed E-state index contributed by atoms with van der Waals surface area (Å²) in [6, 6.07) is 6.13. The molecular formula is C15H13F2N3O2. The van der Waals surface area contributed by atoms with Gasteiger partial charge in [-0.2, -0.15) is 5.26 Å². The zero-order chi connectivity index (χ0) is 16.1. The molecule has 1 heterocycles. The highest BCUT2D eigenvalue weighted by Gasteiger charge is 2.20. The van der Waals surface area contributed by atoms with E-state index < -0.39 is 17.5 Å². The Morgan fingerprint density at radius 1 is 1.41 bits per heavy atom. The van der Waals surface area contributed by atoms with Crippen LogP contribution >= 0.6 is 0 Å². The molecule has 2 rings (SSSR count). The molecule has 1 aromatic heterocycles. The predicted octanol–water partition coefficient (Wildman–Crippen LogP) is 2.00. The van der Waals surface area contributed by atoms with Crippen LogP contribution in [-0.2, 0) is 4.74 Å². The average molecular weight is 305 g/mol. The van der Waals surface area contributed by atoms with Crippen molar-refractivity contribution in [2.24, 2.45) is 0 Å². The fourth-order valence-corrected chi connectivity index (χ4v) is 1.98. The van der Waals surface area contributed by atoms with Gasteiger partial charge >= 0.3 is 0 Å². The van der Waals surface area contributed by atoms with Crippen LogP contribution in [0.2, 0.25) is 0 Å². The highest BCUT2D eigenvalue weighted by molar-refractivity contribution is 5.95. The van der Waals surface area contributed by atoms with Gasteiger partial charge in [-0.05, 0) is 18.2 Å². The summed E-state index contributed by atoms with van der Waals surface area (Å²) in [5, 5.41) is 11.6. The summed E-state index contributed by atoms with van der Waals surface area (Å²) in [5.74, 6) is -1.91. The topological polar surface area (TPSA) is 67.0 Å². The molecule has 0 unspecified atom stereocenters. The van der Waals surface area contributed by atoms with Crippen LogP contribution in [0, 0.1) is 23.0 Å². The molecular weight excluding hydrogens is 292 g/mol. The number of nitrogens with one attached hydrogen (secondary N) is 1.